The third kappa shape index (κ3) is 2.19. The highest BCUT2D eigenvalue weighted by atomic mass is 19.4. The zero-order valence-electron chi connectivity index (χ0n) is 12.1. The van der Waals surface area contributed by atoms with Gasteiger partial charge in [0.25, 0.3) is 5.91 Å². The summed E-state index contributed by atoms with van der Waals surface area (Å²) in [6.07, 6.45) is -2.81. The molecule has 0 bridgehead atoms. The summed E-state index contributed by atoms with van der Waals surface area (Å²) in [5.41, 5.74) is -3.30. The molecule has 2 aliphatic heterocycles. The summed E-state index contributed by atoms with van der Waals surface area (Å²) in [6.45, 7) is 2.94. The molecule has 0 aromatic heterocycles. The molecule has 2 aliphatic rings. The van der Waals surface area contributed by atoms with Crippen LogP contribution in [0.5, 0.6) is 0 Å². The van der Waals surface area contributed by atoms with Gasteiger partial charge in [0.1, 0.15) is 0 Å². The van der Waals surface area contributed by atoms with Crippen LogP contribution in [0.4, 0.5) is 18.9 Å². The van der Waals surface area contributed by atoms with Crippen LogP contribution in [0, 0.1) is 5.92 Å². The van der Waals surface area contributed by atoms with Crippen molar-refractivity contribution in [2.24, 2.45) is 5.92 Å². The molecular formula is C15H17F3N2O2. The minimum atomic E-state index is -4.58. The van der Waals surface area contributed by atoms with E-state index in [-0.39, 0.29) is 17.2 Å². The molecule has 1 saturated heterocycles. The maximum absolute atomic E-state index is 13.1. The monoisotopic (exact) mass is 314 g/mol. The second-order valence-corrected chi connectivity index (χ2v) is 6.05. The van der Waals surface area contributed by atoms with E-state index in [1.165, 1.54) is 12.1 Å². The SMILES string of the molecule is C[C@H]1CCCN([C@@]2(O)C(=O)Nc3c(C(F)(F)F)cccc32)C1. The van der Waals surface area contributed by atoms with Crippen molar-refractivity contribution in [3.05, 3.63) is 29.3 Å². The largest absolute Gasteiger partial charge is 0.418 e. The minimum Gasteiger partial charge on any atom is -0.364 e. The number of likely N-dealkylation sites (tertiary alicyclic amines) is 1. The zero-order valence-corrected chi connectivity index (χ0v) is 12.1. The maximum Gasteiger partial charge on any atom is 0.418 e. The number of halogens is 3. The fraction of sp³-hybridized carbons (Fsp3) is 0.533. The smallest absolute Gasteiger partial charge is 0.364 e. The summed E-state index contributed by atoms with van der Waals surface area (Å²) in [7, 11) is 0. The molecule has 0 aliphatic carbocycles. The van der Waals surface area contributed by atoms with Crippen LogP contribution >= 0.6 is 0 Å². The summed E-state index contributed by atoms with van der Waals surface area (Å²) < 4.78 is 39.2. The number of para-hydroxylation sites is 1. The van der Waals surface area contributed by atoms with Gasteiger partial charge in [-0.1, -0.05) is 19.1 Å². The molecule has 2 atom stereocenters. The number of amides is 1. The quantitative estimate of drug-likeness (QED) is 0.837. The fourth-order valence-corrected chi connectivity index (χ4v) is 3.33. The van der Waals surface area contributed by atoms with Gasteiger partial charge >= 0.3 is 6.18 Å². The van der Waals surface area contributed by atoms with Crippen molar-refractivity contribution in [3.8, 4) is 0 Å². The molecule has 0 saturated carbocycles. The van der Waals surface area contributed by atoms with Crippen LogP contribution < -0.4 is 5.32 Å². The van der Waals surface area contributed by atoms with E-state index >= 15 is 0 Å². The third-order valence-corrected chi connectivity index (χ3v) is 4.42. The Kier molecular flexibility index (Phi) is 3.45. The number of hydrogen-bond acceptors (Lipinski definition) is 3. The van der Waals surface area contributed by atoms with Crippen molar-refractivity contribution in [2.75, 3.05) is 18.4 Å². The van der Waals surface area contributed by atoms with Crippen LogP contribution in [-0.2, 0) is 16.7 Å². The lowest BCUT2D eigenvalue weighted by Gasteiger charge is -2.39. The van der Waals surface area contributed by atoms with Crippen LogP contribution in [-0.4, -0.2) is 29.0 Å². The fourth-order valence-electron chi connectivity index (χ4n) is 3.33. The van der Waals surface area contributed by atoms with Gasteiger partial charge in [0, 0.05) is 18.7 Å². The molecule has 1 fully saturated rings. The van der Waals surface area contributed by atoms with Crippen LogP contribution in [0.3, 0.4) is 0 Å². The van der Waals surface area contributed by atoms with E-state index in [0.29, 0.717) is 13.1 Å². The first-order chi connectivity index (χ1) is 10.2. The lowest BCUT2D eigenvalue weighted by atomic mass is 9.93. The van der Waals surface area contributed by atoms with Crippen LogP contribution in [0.15, 0.2) is 18.2 Å². The Hall–Kier alpha value is -1.60. The summed E-state index contributed by atoms with van der Waals surface area (Å²) in [6, 6.07) is 3.51. The number of anilines is 1. The van der Waals surface area contributed by atoms with Gasteiger partial charge in [-0.25, -0.2) is 0 Å². The van der Waals surface area contributed by atoms with Gasteiger partial charge in [0.05, 0.1) is 11.3 Å². The van der Waals surface area contributed by atoms with Gasteiger partial charge in [-0.15, -0.1) is 0 Å². The van der Waals surface area contributed by atoms with Gasteiger partial charge in [-0.2, -0.15) is 13.2 Å². The Morgan fingerprint density at radius 1 is 1.41 bits per heavy atom. The minimum absolute atomic E-state index is 0.0126. The van der Waals surface area contributed by atoms with Gasteiger partial charge in [0.2, 0.25) is 5.72 Å². The number of carbonyl (C=O) groups is 1. The van der Waals surface area contributed by atoms with Gasteiger partial charge in [-0.05, 0) is 24.8 Å². The zero-order chi connectivity index (χ0) is 16.1. The van der Waals surface area contributed by atoms with E-state index in [0.717, 1.165) is 18.9 Å². The molecule has 0 unspecified atom stereocenters. The first kappa shape index (κ1) is 15.3. The van der Waals surface area contributed by atoms with Crippen LogP contribution in [0.2, 0.25) is 0 Å². The molecule has 22 heavy (non-hydrogen) atoms. The number of nitrogens with one attached hydrogen (secondary N) is 1. The molecule has 0 radical (unpaired) electrons. The predicted molar refractivity (Wildman–Crippen MR) is 73.9 cm³/mol. The van der Waals surface area contributed by atoms with E-state index < -0.39 is 23.4 Å². The Morgan fingerprint density at radius 3 is 2.77 bits per heavy atom. The molecule has 3 rings (SSSR count). The number of fused-ring (bicyclic) bond motifs is 1. The number of rotatable bonds is 1. The number of aliphatic hydroxyl groups is 1. The Labute approximate surface area is 125 Å². The second-order valence-electron chi connectivity index (χ2n) is 6.05. The molecule has 2 N–H and O–H groups in total. The molecule has 4 nitrogen and oxygen atoms in total. The van der Waals surface area contributed by atoms with Gasteiger partial charge in [0.15, 0.2) is 0 Å². The van der Waals surface area contributed by atoms with Crippen LogP contribution in [0.25, 0.3) is 0 Å². The normalized spacial score (nSPS) is 29.3. The average Bonchev–Trinajstić information content (AvgIpc) is 2.71. The highest BCUT2D eigenvalue weighted by Gasteiger charge is 2.53. The van der Waals surface area contributed by atoms with E-state index in [4.69, 9.17) is 0 Å². The topological polar surface area (TPSA) is 52.6 Å². The van der Waals surface area contributed by atoms with Crippen molar-refractivity contribution in [1.29, 1.82) is 0 Å². The molecular weight excluding hydrogens is 297 g/mol. The molecule has 120 valence electrons. The number of hydrogen-bond donors (Lipinski definition) is 2. The number of piperidine rings is 1. The summed E-state index contributed by atoms with van der Waals surface area (Å²) in [4.78, 5) is 13.8. The van der Waals surface area contributed by atoms with Crippen molar-refractivity contribution in [3.63, 3.8) is 0 Å². The second kappa shape index (κ2) is 4.96. The van der Waals surface area contributed by atoms with E-state index in [1.54, 1.807) is 4.90 Å². The lowest BCUT2D eigenvalue weighted by Crippen LogP contribution is -2.54. The van der Waals surface area contributed by atoms with Crippen molar-refractivity contribution in [1.82, 2.24) is 4.90 Å². The molecule has 1 aromatic carbocycles. The first-order valence-electron chi connectivity index (χ1n) is 7.24. The van der Waals surface area contributed by atoms with Gasteiger partial charge in [-0.3, -0.25) is 9.69 Å². The summed E-state index contributed by atoms with van der Waals surface area (Å²) >= 11 is 0. The molecule has 0 spiro atoms. The Balaban J connectivity index is 2.08. The molecule has 7 heteroatoms. The predicted octanol–water partition coefficient (Wildman–Crippen LogP) is 2.53. The van der Waals surface area contributed by atoms with Crippen molar-refractivity contribution in [2.45, 2.75) is 31.7 Å². The Bertz CT molecular complexity index is 617. The highest BCUT2D eigenvalue weighted by molar-refractivity contribution is 6.05. The summed E-state index contributed by atoms with van der Waals surface area (Å²) in [5.74, 6) is -0.534. The molecule has 1 amide bonds. The highest BCUT2D eigenvalue weighted by Crippen LogP contribution is 2.46. The third-order valence-electron chi connectivity index (χ3n) is 4.42. The maximum atomic E-state index is 13.1. The van der Waals surface area contributed by atoms with Crippen molar-refractivity contribution >= 4 is 11.6 Å². The Morgan fingerprint density at radius 2 is 2.14 bits per heavy atom. The van der Waals surface area contributed by atoms with E-state index in [9.17, 15) is 23.1 Å². The standard InChI is InChI=1S/C15H17F3N2O2/c1-9-4-3-7-20(8-9)14(22)10-5-2-6-11(15(16,17)18)12(10)19-13(14)21/h2,5-6,9,22H,3-4,7-8H2,1H3,(H,19,21)/t9-,14-/m0/s1. The molecule has 2 heterocycles. The van der Waals surface area contributed by atoms with Crippen LogP contribution in [0.1, 0.15) is 30.9 Å². The first-order valence-corrected chi connectivity index (χ1v) is 7.24. The van der Waals surface area contributed by atoms with E-state index in [2.05, 4.69) is 5.32 Å². The van der Waals surface area contributed by atoms with Gasteiger partial charge < -0.3 is 10.4 Å². The number of carbonyl (C=O) groups excluding carboxylic acids is 1. The number of nitrogens with zero attached hydrogens (tertiary/aromatic N) is 1. The lowest BCUT2D eigenvalue weighted by molar-refractivity contribution is -0.163. The average molecular weight is 314 g/mol. The number of alkyl halides is 3. The van der Waals surface area contributed by atoms with Crippen molar-refractivity contribution < 1.29 is 23.1 Å². The van der Waals surface area contributed by atoms with E-state index in [1.807, 2.05) is 6.92 Å². The number of benzene rings is 1. The summed E-state index contributed by atoms with van der Waals surface area (Å²) in [5, 5.41) is 13.1. The molecule has 1 aromatic rings.